The van der Waals surface area contributed by atoms with Gasteiger partial charge in [-0.1, -0.05) is 28.9 Å². The Morgan fingerprint density at radius 2 is 1.95 bits per heavy atom. The molecule has 1 unspecified atom stereocenters. The van der Waals surface area contributed by atoms with Gasteiger partial charge in [-0.15, -0.1) is 0 Å². The molecule has 2 aromatic carbocycles. The summed E-state index contributed by atoms with van der Waals surface area (Å²) in [5.41, 5.74) is 2.07. The maximum absolute atomic E-state index is 13.6. The molecule has 0 aliphatic rings. The quantitative estimate of drug-likeness (QED) is 0.831. The van der Waals surface area contributed by atoms with E-state index in [1.165, 1.54) is 6.07 Å². The van der Waals surface area contributed by atoms with Gasteiger partial charge in [0.1, 0.15) is 11.6 Å². The molecule has 2 rings (SSSR count). The molecule has 0 aliphatic carbocycles. The normalized spacial score (nSPS) is 12.2. The molecular formula is C16H16BrF2NO. The van der Waals surface area contributed by atoms with Crippen LogP contribution in [0.5, 0.6) is 0 Å². The predicted octanol–water partition coefficient (Wildman–Crippen LogP) is 4.44. The Balaban J connectivity index is 2.09. The number of rotatable bonds is 5. The third-order valence-electron chi connectivity index (χ3n) is 3.26. The van der Waals surface area contributed by atoms with Crippen LogP contribution in [0.1, 0.15) is 24.2 Å². The van der Waals surface area contributed by atoms with Crippen molar-refractivity contribution in [3.05, 3.63) is 63.6 Å². The van der Waals surface area contributed by atoms with Gasteiger partial charge in [0.15, 0.2) is 0 Å². The van der Waals surface area contributed by atoms with Gasteiger partial charge in [-0.3, -0.25) is 0 Å². The van der Waals surface area contributed by atoms with Crippen molar-refractivity contribution in [3.8, 4) is 0 Å². The second-order valence-electron chi connectivity index (χ2n) is 4.72. The number of halogens is 3. The highest BCUT2D eigenvalue weighted by Gasteiger charge is 2.14. The van der Waals surface area contributed by atoms with Crippen LogP contribution in [0.25, 0.3) is 0 Å². The average molecular weight is 356 g/mol. The first-order valence-corrected chi connectivity index (χ1v) is 7.46. The number of aryl methyl sites for hydroxylation is 1. The number of hydrogen-bond donors (Lipinski definition) is 2. The molecule has 2 aromatic rings. The molecule has 1 atom stereocenters. The topological polar surface area (TPSA) is 32.3 Å². The Kier molecular flexibility index (Phi) is 5.31. The summed E-state index contributed by atoms with van der Waals surface area (Å²) in [6.07, 6.45) is -0.207. The summed E-state index contributed by atoms with van der Waals surface area (Å²) in [4.78, 5) is 0. The van der Waals surface area contributed by atoms with Crippen LogP contribution in [-0.4, -0.2) is 11.7 Å². The SMILES string of the molecule is CCc1cc(Br)ccc1NCC(O)c1ccc(F)cc1F. The zero-order valence-corrected chi connectivity index (χ0v) is 13.1. The van der Waals surface area contributed by atoms with Crippen LogP contribution < -0.4 is 5.32 Å². The number of aliphatic hydroxyl groups excluding tert-OH is 1. The standard InChI is InChI=1S/C16H16BrF2NO/c1-2-10-7-11(17)3-6-15(10)20-9-16(21)13-5-4-12(18)8-14(13)19/h3-8,16,20-21H,2,9H2,1H3. The molecule has 0 bridgehead atoms. The molecule has 2 N–H and O–H groups in total. The van der Waals surface area contributed by atoms with Crippen molar-refractivity contribution in [2.75, 3.05) is 11.9 Å². The van der Waals surface area contributed by atoms with E-state index in [1.807, 2.05) is 25.1 Å². The van der Waals surface area contributed by atoms with Crippen LogP contribution in [0.15, 0.2) is 40.9 Å². The largest absolute Gasteiger partial charge is 0.386 e. The van der Waals surface area contributed by atoms with Crippen LogP contribution in [0, 0.1) is 11.6 Å². The lowest BCUT2D eigenvalue weighted by atomic mass is 10.1. The highest BCUT2D eigenvalue weighted by molar-refractivity contribution is 9.10. The fourth-order valence-electron chi connectivity index (χ4n) is 2.12. The zero-order chi connectivity index (χ0) is 15.4. The van der Waals surface area contributed by atoms with E-state index in [9.17, 15) is 13.9 Å². The van der Waals surface area contributed by atoms with E-state index < -0.39 is 17.7 Å². The molecule has 0 saturated heterocycles. The van der Waals surface area contributed by atoms with Gasteiger partial charge in [0, 0.05) is 28.3 Å². The molecule has 0 radical (unpaired) electrons. The van der Waals surface area contributed by atoms with E-state index in [0.717, 1.165) is 34.3 Å². The van der Waals surface area contributed by atoms with Crippen molar-refractivity contribution in [1.29, 1.82) is 0 Å². The molecule has 0 aliphatic heterocycles. The lowest BCUT2D eigenvalue weighted by Gasteiger charge is -2.16. The molecule has 0 saturated carbocycles. The fraction of sp³-hybridized carbons (Fsp3) is 0.250. The van der Waals surface area contributed by atoms with Gasteiger partial charge in [0.2, 0.25) is 0 Å². The summed E-state index contributed by atoms with van der Waals surface area (Å²) < 4.78 is 27.4. The van der Waals surface area contributed by atoms with E-state index in [1.54, 1.807) is 0 Å². The highest BCUT2D eigenvalue weighted by Crippen LogP contribution is 2.23. The molecule has 112 valence electrons. The minimum atomic E-state index is -1.04. The van der Waals surface area contributed by atoms with Crippen molar-refractivity contribution >= 4 is 21.6 Å². The predicted molar refractivity (Wildman–Crippen MR) is 83.3 cm³/mol. The Labute approximate surface area is 130 Å². The van der Waals surface area contributed by atoms with E-state index >= 15 is 0 Å². The monoisotopic (exact) mass is 355 g/mol. The van der Waals surface area contributed by atoms with E-state index in [2.05, 4.69) is 21.2 Å². The Bertz CT molecular complexity index is 634. The molecule has 0 fully saturated rings. The minimum absolute atomic E-state index is 0.0825. The average Bonchev–Trinajstić information content (AvgIpc) is 2.45. The van der Waals surface area contributed by atoms with Gasteiger partial charge < -0.3 is 10.4 Å². The number of aliphatic hydroxyl groups is 1. The molecule has 0 spiro atoms. The summed E-state index contributed by atoms with van der Waals surface area (Å²) in [6, 6.07) is 8.96. The van der Waals surface area contributed by atoms with Crippen molar-refractivity contribution in [3.63, 3.8) is 0 Å². The fourth-order valence-corrected chi connectivity index (χ4v) is 2.52. The van der Waals surface area contributed by atoms with Gasteiger partial charge in [-0.05, 0) is 36.2 Å². The third-order valence-corrected chi connectivity index (χ3v) is 3.75. The first-order valence-electron chi connectivity index (χ1n) is 6.66. The summed E-state index contributed by atoms with van der Waals surface area (Å²) in [5.74, 6) is -1.39. The lowest BCUT2D eigenvalue weighted by molar-refractivity contribution is 0.186. The van der Waals surface area contributed by atoms with E-state index in [-0.39, 0.29) is 12.1 Å². The summed E-state index contributed by atoms with van der Waals surface area (Å²) in [6.45, 7) is 2.18. The Morgan fingerprint density at radius 1 is 1.19 bits per heavy atom. The lowest BCUT2D eigenvalue weighted by Crippen LogP contribution is -2.14. The molecule has 2 nitrogen and oxygen atoms in total. The number of nitrogens with one attached hydrogen (secondary N) is 1. The summed E-state index contributed by atoms with van der Waals surface area (Å²) in [5, 5.41) is 13.1. The minimum Gasteiger partial charge on any atom is -0.386 e. The number of benzene rings is 2. The van der Waals surface area contributed by atoms with Crippen LogP contribution in [0.4, 0.5) is 14.5 Å². The maximum atomic E-state index is 13.6. The van der Waals surface area contributed by atoms with Gasteiger partial charge in [-0.25, -0.2) is 8.78 Å². The van der Waals surface area contributed by atoms with Gasteiger partial charge in [0.25, 0.3) is 0 Å². The van der Waals surface area contributed by atoms with E-state index in [4.69, 9.17) is 0 Å². The summed E-state index contributed by atoms with van der Waals surface area (Å²) in [7, 11) is 0. The van der Waals surface area contributed by atoms with Crippen LogP contribution in [0.2, 0.25) is 0 Å². The van der Waals surface area contributed by atoms with Gasteiger partial charge in [-0.2, -0.15) is 0 Å². The highest BCUT2D eigenvalue weighted by atomic mass is 79.9. The maximum Gasteiger partial charge on any atom is 0.131 e. The molecule has 0 amide bonds. The number of anilines is 1. The van der Waals surface area contributed by atoms with Crippen molar-refractivity contribution in [1.82, 2.24) is 0 Å². The molecule has 5 heteroatoms. The first kappa shape index (κ1) is 15.9. The first-order chi connectivity index (χ1) is 10.0. The van der Waals surface area contributed by atoms with Gasteiger partial charge >= 0.3 is 0 Å². The van der Waals surface area contributed by atoms with Crippen LogP contribution in [-0.2, 0) is 6.42 Å². The smallest absolute Gasteiger partial charge is 0.131 e. The number of hydrogen-bond acceptors (Lipinski definition) is 2. The third kappa shape index (κ3) is 4.02. The van der Waals surface area contributed by atoms with Crippen molar-refractivity contribution in [2.45, 2.75) is 19.4 Å². The molecule has 21 heavy (non-hydrogen) atoms. The Hall–Kier alpha value is -1.46. The van der Waals surface area contributed by atoms with Crippen LogP contribution in [0.3, 0.4) is 0 Å². The van der Waals surface area contributed by atoms with Crippen LogP contribution >= 0.6 is 15.9 Å². The van der Waals surface area contributed by atoms with Crippen molar-refractivity contribution < 1.29 is 13.9 Å². The molecule has 0 heterocycles. The van der Waals surface area contributed by atoms with Crippen molar-refractivity contribution in [2.24, 2.45) is 0 Å². The molecular weight excluding hydrogens is 340 g/mol. The molecule has 0 aromatic heterocycles. The van der Waals surface area contributed by atoms with Gasteiger partial charge in [0.05, 0.1) is 6.10 Å². The summed E-state index contributed by atoms with van der Waals surface area (Å²) >= 11 is 3.41. The van der Waals surface area contributed by atoms with E-state index in [0.29, 0.717) is 0 Å². The zero-order valence-electron chi connectivity index (χ0n) is 11.5. The second-order valence-corrected chi connectivity index (χ2v) is 5.63. The Morgan fingerprint density at radius 3 is 2.62 bits per heavy atom. The second kappa shape index (κ2) is 7.00.